The Morgan fingerprint density at radius 1 is 0.588 bits per heavy atom. The van der Waals surface area contributed by atoms with E-state index in [1.54, 1.807) is 62.4 Å². The average Bonchev–Trinajstić information content (AvgIpc) is 2.75. The zero-order valence-electron chi connectivity index (χ0n) is 21.5. The van der Waals surface area contributed by atoms with Crippen LogP contribution in [0.15, 0.2) is 60.7 Å². The van der Waals surface area contributed by atoms with Crippen LogP contribution in [-0.2, 0) is 18.3 Å². The van der Waals surface area contributed by atoms with E-state index in [-0.39, 0.29) is 0 Å². The van der Waals surface area contributed by atoms with Crippen LogP contribution < -0.4 is 0 Å². The van der Waals surface area contributed by atoms with E-state index in [4.69, 9.17) is 18.3 Å². The summed E-state index contributed by atoms with van der Waals surface area (Å²) in [6, 6.07) is 17.7. The molecule has 8 heteroatoms. The maximum Gasteiger partial charge on any atom is 0.338 e. The van der Waals surface area contributed by atoms with Gasteiger partial charge in [0, 0.05) is 0 Å². The Kier molecular flexibility index (Phi) is 9.81. The standard InChI is InChI=1S/C26H38O6Si2/c1-19(29-25(27)21-15-11-9-12-16-21)23(31-33(3,4)5)24(32-34(6,7)8)20(2)30-26(28)22-17-13-10-14-18-22/h9-20,23-24H,1-8H3. The van der Waals surface area contributed by atoms with Gasteiger partial charge in [0.2, 0.25) is 0 Å². The van der Waals surface area contributed by atoms with Crippen molar-refractivity contribution in [3.63, 3.8) is 0 Å². The van der Waals surface area contributed by atoms with Gasteiger partial charge in [-0.15, -0.1) is 0 Å². The Hall–Kier alpha value is -2.27. The molecule has 2 aromatic rings. The van der Waals surface area contributed by atoms with E-state index >= 15 is 0 Å². The molecule has 0 aliphatic heterocycles. The molecule has 34 heavy (non-hydrogen) atoms. The molecule has 186 valence electrons. The van der Waals surface area contributed by atoms with E-state index < -0.39 is 53.0 Å². The monoisotopic (exact) mass is 502 g/mol. The third kappa shape index (κ3) is 9.17. The molecule has 4 atom stereocenters. The molecule has 2 rings (SSSR count). The zero-order valence-corrected chi connectivity index (χ0v) is 23.5. The van der Waals surface area contributed by atoms with Crippen molar-refractivity contribution in [3.8, 4) is 0 Å². The molecule has 0 spiro atoms. The molecule has 0 aliphatic carbocycles. The molecule has 0 aliphatic rings. The lowest BCUT2D eigenvalue weighted by molar-refractivity contribution is -0.0892. The van der Waals surface area contributed by atoms with Crippen LogP contribution in [0.5, 0.6) is 0 Å². The minimum Gasteiger partial charge on any atom is -0.456 e. The van der Waals surface area contributed by atoms with Crippen LogP contribution in [0.25, 0.3) is 0 Å². The number of benzene rings is 2. The lowest BCUT2D eigenvalue weighted by atomic mass is 10.0. The Morgan fingerprint density at radius 2 is 0.882 bits per heavy atom. The SMILES string of the molecule is CC(OC(=O)c1ccccc1)C(O[Si](C)(C)C)C(O[Si](C)(C)C)C(C)OC(=O)c1ccccc1. The first-order valence-electron chi connectivity index (χ1n) is 11.6. The molecule has 0 saturated carbocycles. The van der Waals surface area contributed by atoms with Gasteiger partial charge in [0.1, 0.15) is 24.4 Å². The van der Waals surface area contributed by atoms with Crippen LogP contribution in [0, 0.1) is 0 Å². The Labute approximate surface area is 205 Å². The predicted octanol–water partition coefficient (Wildman–Crippen LogP) is 5.92. The average molecular weight is 503 g/mol. The van der Waals surface area contributed by atoms with Crippen molar-refractivity contribution in [2.75, 3.05) is 0 Å². The molecule has 0 amide bonds. The minimum absolute atomic E-state index is 0.432. The van der Waals surface area contributed by atoms with Crippen LogP contribution >= 0.6 is 0 Å². The summed E-state index contributed by atoms with van der Waals surface area (Å²) in [5.74, 6) is -0.865. The van der Waals surface area contributed by atoms with Gasteiger partial charge in [-0.3, -0.25) is 0 Å². The second-order valence-electron chi connectivity index (χ2n) is 10.3. The fourth-order valence-corrected chi connectivity index (χ4v) is 5.72. The minimum atomic E-state index is -2.10. The predicted molar refractivity (Wildman–Crippen MR) is 139 cm³/mol. The first kappa shape index (κ1) is 28.0. The molecule has 4 unspecified atom stereocenters. The Balaban J connectivity index is 2.32. The molecule has 6 nitrogen and oxygen atoms in total. The number of hydrogen-bond donors (Lipinski definition) is 0. The summed E-state index contributed by atoms with van der Waals surface area (Å²) < 4.78 is 24.7. The van der Waals surface area contributed by atoms with E-state index in [1.807, 2.05) is 12.1 Å². The van der Waals surface area contributed by atoms with Crippen molar-refractivity contribution >= 4 is 28.6 Å². The Bertz CT molecular complexity index is 844. The van der Waals surface area contributed by atoms with Crippen molar-refractivity contribution < 1.29 is 27.9 Å². The van der Waals surface area contributed by atoms with Crippen molar-refractivity contribution in [2.45, 2.75) is 77.5 Å². The Morgan fingerprint density at radius 3 is 1.15 bits per heavy atom. The van der Waals surface area contributed by atoms with E-state index in [0.29, 0.717) is 11.1 Å². The molecule has 0 aromatic heterocycles. The van der Waals surface area contributed by atoms with Gasteiger partial charge >= 0.3 is 11.9 Å². The van der Waals surface area contributed by atoms with Crippen LogP contribution in [0.4, 0.5) is 0 Å². The van der Waals surface area contributed by atoms with Crippen molar-refractivity contribution in [1.82, 2.24) is 0 Å². The van der Waals surface area contributed by atoms with Crippen molar-refractivity contribution in [3.05, 3.63) is 71.8 Å². The summed E-state index contributed by atoms with van der Waals surface area (Å²) in [6.45, 7) is 16.0. The highest BCUT2D eigenvalue weighted by Crippen LogP contribution is 2.26. The van der Waals surface area contributed by atoms with E-state index in [0.717, 1.165) is 0 Å². The van der Waals surface area contributed by atoms with Gasteiger partial charge in [-0.2, -0.15) is 0 Å². The highest BCUT2D eigenvalue weighted by Gasteiger charge is 2.41. The number of carbonyl (C=O) groups excluding carboxylic acids is 2. The molecule has 0 saturated heterocycles. The number of esters is 2. The molecule has 0 heterocycles. The normalized spacial score (nSPS) is 15.6. The van der Waals surface area contributed by atoms with Crippen LogP contribution in [0.2, 0.25) is 39.3 Å². The summed E-state index contributed by atoms with van der Waals surface area (Å²) in [5.41, 5.74) is 0.930. The first-order valence-corrected chi connectivity index (χ1v) is 18.5. The van der Waals surface area contributed by atoms with Gasteiger partial charge in [0.25, 0.3) is 0 Å². The van der Waals surface area contributed by atoms with Gasteiger partial charge in [-0.25, -0.2) is 9.59 Å². The van der Waals surface area contributed by atoms with E-state index in [1.165, 1.54) is 0 Å². The lowest BCUT2D eigenvalue weighted by Crippen LogP contribution is -2.55. The molecule has 0 bridgehead atoms. The molecular weight excluding hydrogens is 464 g/mol. The van der Waals surface area contributed by atoms with Gasteiger partial charge < -0.3 is 18.3 Å². The van der Waals surface area contributed by atoms with E-state index in [2.05, 4.69) is 39.3 Å². The summed E-state index contributed by atoms with van der Waals surface area (Å²) in [5, 5.41) is 0. The zero-order chi connectivity index (χ0) is 25.5. The lowest BCUT2D eigenvalue weighted by Gasteiger charge is -2.40. The second kappa shape index (κ2) is 11.9. The summed E-state index contributed by atoms with van der Waals surface area (Å²) in [7, 11) is -4.20. The molecule has 0 N–H and O–H groups in total. The third-order valence-electron chi connectivity index (χ3n) is 4.83. The number of hydrogen-bond acceptors (Lipinski definition) is 6. The largest absolute Gasteiger partial charge is 0.456 e. The number of carbonyl (C=O) groups is 2. The van der Waals surface area contributed by atoms with Gasteiger partial charge in [0.15, 0.2) is 16.6 Å². The summed E-state index contributed by atoms with van der Waals surface area (Å²) in [4.78, 5) is 25.6. The smallest absolute Gasteiger partial charge is 0.338 e. The number of rotatable bonds is 11. The second-order valence-corrected chi connectivity index (χ2v) is 19.3. The highest BCUT2D eigenvalue weighted by atomic mass is 28.4. The fraction of sp³-hybridized carbons (Fsp3) is 0.462. The van der Waals surface area contributed by atoms with Gasteiger partial charge in [-0.1, -0.05) is 36.4 Å². The topological polar surface area (TPSA) is 71.1 Å². The summed E-state index contributed by atoms with van der Waals surface area (Å²) in [6.07, 6.45) is -2.47. The molecule has 0 fully saturated rings. The maximum absolute atomic E-state index is 12.8. The number of ether oxygens (including phenoxy) is 2. The maximum atomic E-state index is 12.8. The van der Waals surface area contributed by atoms with Crippen LogP contribution in [0.3, 0.4) is 0 Å². The highest BCUT2D eigenvalue weighted by molar-refractivity contribution is 6.70. The fourth-order valence-electron chi connectivity index (χ4n) is 3.43. The van der Waals surface area contributed by atoms with Crippen LogP contribution in [-0.4, -0.2) is 53.0 Å². The van der Waals surface area contributed by atoms with Crippen LogP contribution in [0.1, 0.15) is 34.6 Å². The van der Waals surface area contributed by atoms with Crippen molar-refractivity contribution in [1.29, 1.82) is 0 Å². The van der Waals surface area contributed by atoms with Crippen molar-refractivity contribution in [2.24, 2.45) is 0 Å². The summed E-state index contributed by atoms with van der Waals surface area (Å²) >= 11 is 0. The quantitative estimate of drug-likeness (QED) is 0.281. The molecule has 0 radical (unpaired) electrons. The van der Waals surface area contributed by atoms with Gasteiger partial charge in [0.05, 0.1) is 11.1 Å². The van der Waals surface area contributed by atoms with E-state index in [9.17, 15) is 9.59 Å². The van der Waals surface area contributed by atoms with Gasteiger partial charge in [-0.05, 0) is 77.4 Å². The third-order valence-corrected chi connectivity index (χ3v) is 6.79. The molecule has 2 aromatic carbocycles. The molecular formula is C26H38O6Si2. The first-order chi connectivity index (χ1) is 15.8.